The molecule has 0 aromatic rings. The summed E-state index contributed by atoms with van der Waals surface area (Å²) in [5.41, 5.74) is 0. The Hall–Kier alpha value is -0.170. The zero-order valence-corrected chi connectivity index (χ0v) is 9.76. The fraction of sp³-hybridized carbons (Fsp3) is 1.00. The molecule has 3 N–H and O–H groups in total. The Morgan fingerprint density at radius 1 is 1.27 bits per heavy atom. The molecule has 0 aliphatic heterocycles. The first-order chi connectivity index (χ1) is 7.08. The third-order valence-corrected chi connectivity index (χ3v) is 3.27. The van der Waals surface area contributed by atoms with Crippen LogP contribution in [0, 0.1) is 0 Å². The molecule has 0 atom stereocenters. The topological polar surface area (TPSA) is 81.4 Å². The van der Waals surface area contributed by atoms with Gasteiger partial charge in [0.05, 0.1) is 18.5 Å². The Kier molecular flexibility index (Phi) is 5.52. The number of nitrogens with one attached hydrogen (secondary N) is 1. The van der Waals surface area contributed by atoms with E-state index in [4.69, 9.17) is 9.88 Å². The molecule has 1 fully saturated rings. The maximum absolute atomic E-state index is 10.6. The molecule has 0 unspecified atom stereocenters. The zero-order chi connectivity index (χ0) is 11.1. The highest BCUT2D eigenvalue weighted by Gasteiger charge is 2.14. The summed E-state index contributed by atoms with van der Waals surface area (Å²) in [7, 11) is -3.33. The number of ether oxygens (including phenoxy) is 1. The van der Waals surface area contributed by atoms with Gasteiger partial charge in [-0.15, -0.1) is 0 Å². The second-order valence-corrected chi connectivity index (χ2v) is 5.63. The van der Waals surface area contributed by atoms with Crippen LogP contribution in [0.1, 0.15) is 25.7 Å². The van der Waals surface area contributed by atoms with Crippen molar-refractivity contribution in [2.45, 2.75) is 31.8 Å². The third-order valence-electron chi connectivity index (χ3n) is 2.50. The molecular formula is C9H20N2O3S. The Labute approximate surface area is 91.4 Å². The number of nitrogens with two attached hydrogens (primary N) is 1. The van der Waals surface area contributed by atoms with Crippen LogP contribution in [0.3, 0.4) is 0 Å². The van der Waals surface area contributed by atoms with Crippen molar-refractivity contribution < 1.29 is 13.2 Å². The standard InChI is InChI=1S/C9H20N2O3S/c10-15(12,13)8-6-11-5-7-14-9-3-1-2-4-9/h9,11H,1-8H2,(H2,10,12,13). The SMILES string of the molecule is NS(=O)(=O)CCNCCOC1CCCC1. The van der Waals surface area contributed by atoms with Gasteiger partial charge in [-0.3, -0.25) is 0 Å². The van der Waals surface area contributed by atoms with Crippen LogP contribution in [-0.2, 0) is 14.8 Å². The van der Waals surface area contributed by atoms with Crippen molar-refractivity contribution in [2.24, 2.45) is 5.14 Å². The molecule has 1 saturated carbocycles. The second kappa shape index (κ2) is 6.42. The first kappa shape index (κ1) is 12.9. The van der Waals surface area contributed by atoms with Gasteiger partial charge in [0, 0.05) is 13.1 Å². The van der Waals surface area contributed by atoms with Crippen molar-refractivity contribution in [1.29, 1.82) is 0 Å². The lowest BCUT2D eigenvalue weighted by molar-refractivity contribution is 0.0606. The highest BCUT2D eigenvalue weighted by molar-refractivity contribution is 7.89. The van der Waals surface area contributed by atoms with Crippen LogP contribution in [-0.4, -0.2) is 40.0 Å². The molecule has 1 aliphatic rings. The summed E-state index contributed by atoms with van der Waals surface area (Å²) in [6, 6.07) is 0. The van der Waals surface area contributed by atoms with Gasteiger partial charge in [0.1, 0.15) is 0 Å². The maximum Gasteiger partial charge on any atom is 0.210 e. The van der Waals surface area contributed by atoms with Gasteiger partial charge in [0.2, 0.25) is 10.0 Å². The Bertz CT molecular complexity index is 261. The van der Waals surface area contributed by atoms with Gasteiger partial charge < -0.3 is 10.1 Å². The van der Waals surface area contributed by atoms with Crippen molar-refractivity contribution >= 4 is 10.0 Å². The molecular weight excluding hydrogens is 216 g/mol. The van der Waals surface area contributed by atoms with Crippen molar-refractivity contribution in [3.05, 3.63) is 0 Å². The van der Waals surface area contributed by atoms with Gasteiger partial charge >= 0.3 is 0 Å². The summed E-state index contributed by atoms with van der Waals surface area (Å²) in [4.78, 5) is 0. The quantitative estimate of drug-likeness (QED) is 0.601. The van der Waals surface area contributed by atoms with E-state index in [1.807, 2.05) is 0 Å². The first-order valence-electron chi connectivity index (χ1n) is 5.41. The normalized spacial score (nSPS) is 18.5. The smallest absolute Gasteiger partial charge is 0.210 e. The summed E-state index contributed by atoms with van der Waals surface area (Å²) in [5.74, 6) is -0.0174. The lowest BCUT2D eigenvalue weighted by atomic mass is 10.3. The van der Waals surface area contributed by atoms with Crippen molar-refractivity contribution in [3.8, 4) is 0 Å². The van der Waals surface area contributed by atoms with E-state index in [0.717, 1.165) is 12.8 Å². The molecule has 1 aliphatic carbocycles. The molecule has 0 amide bonds. The average molecular weight is 236 g/mol. The van der Waals surface area contributed by atoms with Crippen molar-refractivity contribution in [3.63, 3.8) is 0 Å². The van der Waals surface area contributed by atoms with E-state index in [1.54, 1.807) is 0 Å². The molecule has 5 nitrogen and oxygen atoms in total. The molecule has 15 heavy (non-hydrogen) atoms. The predicted octanol–water partition coefficient (Wildman–Crippen LogP) is -0.176. The van der Waals surface area contributed by atoms with Gasteiger partial charge in [-0.05, 0) is 12.8 Å². The van der Waals surface area contributed by atoms with Crippen LogP contribution in [0.2, 0.25) is 0 Å². The molecule has 0 bridgehead atoms. The molecule has 0 aromatic heterocycles. The van der Waals surface area contributed by atoms with Crippen LogP contribution in [0.5, 0.6) is 0 Å². The van der Waals surface area contributed by atoms with Crippen LogP contribution in [0.15, 0.2) is 0 Å². The Morgan fingerprint density at radius 2 is 1.93 bits per heavy atom. The average Bonchev–Trinajstić information content (AvgIpc) is 2.61. The molecule has 0 radical (unpaired) electrons. The number of sulfonamides is 1. The van der Waals surface area contributed by atoms with Gasteiger partial charge in [0.15, 0.2) is 0 Å². The molecule has 1 rings (SSSR count). The largest absolute Gasteiger partial charge is 0.377 e. The molecule has 90 valence electrons. The van der Waals surface area contributed by atoms with Crippen LogP contribution < -0.4 is 10.5 Å². The predicted molar refractivity (Wildman–Crippen MR) is 59.1 cm³/mol. The molecule has 0 heterocycles. The molecule has 6 heteroatoms. The van der Waals surface area contributed by atoms with Crippen molar-refractivity contribution in [1.82, 2.24) is 5.32 Å². The minimum Gasteiger partial charge on any atom is -0.377 e. The summed E-state index contributed by atoms with van der Waals surface area (Å²) in [6.07, 6.45) is 5.28. The highest BCUT2D eigenvalue weighted by atomic mass is 32.2. The first-order valence-corrected chi connectivity index (χ1v) is 7.12. The maximum atomic E-state index is 10.6. The van der Waals surface area contributed by atoms with Crippen molar-refractivity contribution in [2.75, 3.05) is 25.4 Å². The van der Waals surface area contributed by atoms with Gasteiger partial charge in [-0.25, -0.2) is 13.6 Å². The molecule has 0 aromatic carbocycles. The van der Waals surface area contributed by atoms with Gasteiger partial charge in [-0.2, -0.15) is 0 Å². The van der Waals surface area contributed by atoms with Crippen LogP contribution in [0.4, 0.5) is 0 Å². The number of rotatable bonds is 7. The number of primary sulfonamides is 1. The minimum absolute atomic E-state index is 0.0174. The summed E-state index contributed by atoms with van der Waals surface area (Å²) >= 11 is 0. The van der Waals surface area contributed by atoms with E-state index in [2.05, 4.69) is 5.32 Å². The lowest BCUT2D eigenvalue weighted by Crippen LogP contribution is -2.29. The Morgan fingerprint density at radius 3 is 2.53 bits per heavy atom. The van der Waals surface area contributed by atoms with E-state index in [0.29, 0.717) is 25.8 Å². The van der Waals surface area contributed by atoms with E-state index in [1.165, 1.54) is 12.8 Å². The summed E-state index contributed by atoms with van der Waals surface area (Å²) in [5, 5.41) is 7.83. The minimum atomic E-state index is -3.33. The monoisotopic (exact) mass is 236 g/mol. The third kappa shape index (κ3) is 6.83. The molecule has 0 saturated heterocycles. The van der Waals surface area contributed by atoms with Gasteiger partial charge in [0.25, 0.3) is 0 Å². The van der Waals surface area contributed by atoms with E-state index in [-0.39, 0.29) is 5.75 Å². The highest BCUT2D eigenvalue weighted by Crippen LogP contribution is 2.20. The van der Waals surface area contributed by atoms with E-state index in [9.17, 15) is 8.42 Å². The fourth-order valence-corrected chi connectivity index (χ4v) is 2.12. The second-order valence-electron chi connectivity index (χ2n) is 3.89. The van der Waals surface area contributed by atoms with Crippen LogP contribution in [0.25, 0.3) is 0 Å². The number of hydrogen-bond donors (Lipinski definition) is 2. The summed E-state index contributed by atoms with van der Waals surface area (Å²) < 4.78 is 26.8. The zero-order valence-electron chi connectivity index (χ0n) is 8.94. The van der Waals surface area contributed by atoms with E-state index < -0.39 is 10.0 Å². The Balaban J connectivity index is 1.89. The number of hydrogen-bond acceptors (Lipinski definition) is 4. The van der Waals surface area contributed by atoms with E-state index >= 15 is 0 Å². The fourth-order valence-electron chi connectivity index (χ4n) is 1.69. The van der Waals surface area contributed by atoms with Crippen LogP contribution >= 0.6 is 0 Å². The lowest BCUT2D eigenvalue weighted by Gasteiger charge is -2.11. The van der Waals surface area contributed by atoms with Gasteiger partial charge in [-0.1, -0.05) is 12.8 Å². The molecule has 0 spiro atoms. The summed E-state index contributed by atoms with van der Waals surface area (Å²) in [6.45, 7) is 1.73.